The number of hydrogen-bond acceptors (Lipinski definition) is 9. The van der Waals surface area contributed by atoms with E-state index < -0.39 is 22.1 Å². The Bertz CT molecular complexity index is 1380. The minimum absolute atomic E-state index is 0.0167. The molecule has 0 saturated heterocycles. The number of anilines is 1. The van der Waals surface area contributed by atoms with E-state index in [9.17, 15) is 13.2 Å². The zero-order chi connectivity index (χ0) is 24.3. The van der Waals surface area contributed by atoms with Crippen LogP contribution in [0.25, 0.3) is 10.8 Å². The molecule has 2 heterocycles. The van der Waals surface area contributed by atoms with Crippen molar-refractivity contribution >= 4 is 33.0 Å². The summed E-state index contributed by atoms with van der Waals surface area (Å²) in [5.74, 6) is 0.285. The number of rotatable bonds is 8. The molecule has 0 aliphatic heterocycles. The Morgan fingerprint density at radius 3 is 2.47 bits per heavy atom. The van der Waals surface area contributed by atoms with E-state index in [4.69, 9.17) is 13.9 Å². The second kappa shape index (κ2) is 9.65. The van der Waals surface area contributed by atoms with Crippen molar-refractivity contribution in [3.63, 3.8) is 0 Å². The minimum atomic E-state index is -3.88. The highest BCUT2D eigenvalue weighted by Crippen LogP contribution is 2.31. The van der Waals surface area contributed by atoms with Crippen LogP contribution in [0, 0.1) is 0 Å². The molecule has 4 rings (SSSR count). The summed E-state index contributed by atoms with van der Waals surface area (Å²) in [6, 6.07) is 16.0. The summed E-state index contributed by atoms with van der Waals surface area (Å²) in [5.41, 5.74) is 0.576. The Labute approximate surface area is 200 Å². The molecule has 0 aliphatic rings. The molecule has 0 fully saturated rings. The Morgan fingerprint density at radius 2 is 1.79 bits per heavy atom. The van der Waals surface area contributed by atoms with Gasteiger partial charge in [-0.2, -0.15) is 0 Å². The average molecular weight is 500 g/mol. The quantitative estimate of drug-likeness (QED) is 0.325. The van der Waals surface area contributed by atoms with Crippen LogP contribution in [0.5, 0.6) is 5.75 Å². The Morgan fingerprint density at radius 1 is 1.06 bits per heavy atom. The first-order valence-corrected chi connectivity index (χ1v) is 12.4. The Kier molecular flexibility index (Phi) is 6.66. The number of thiophene rings is 1. The molecule has 4 aromatic rings. The molecule has 0 bridgehead atoms. The van der Waals surface area contributed by atoms with E-state index in [1.54, 1.807) is 31.2 Å². The number of esters is 1. The number of aromatic nitrogens is 2. The smallest absolute Gasteiger partial charge is 0.338 e. The number of sulfonamides is 1. The zero-order valence-electron chi connectivity index (χ0n) is 18.5. The normalized spacial score (nSPS) is 12.2. The molecule has 1 atom stereocenters. The van der Waals surface area contributed by atoms with E-state index in [1.165, 1.54) is 49.8 Å². The summed E-state index contributed by atoms with van der Waals surface area (Å²) >= 11 is 1.45. The van der Waals surface area contributed by atoms with Crippen molar-refractivity contribution in [3.05, 3.63) is 77.5 Å². The lowest BCUT2D eigenvalue weighted by Crippen LogP contribution is -2.27. The largest absolute Gasteiger partial charge is 0.495 e. The van der Waals surface area contributed by atoms with Crippen LogP contribution in [-0.4, -0.2) is 38.7 Å². The van der Waals surface area contributed by atoms with Crippen LogP contribution < -0.4 is 9.04 Å². The maximum atomic E-state index is 13.1. The van der Waals surface area contributed by atoms with Crippen LogP contribution in [0.15, 0.2) is 75.4 Å². The van der Waals surface area contributed by atoms with Crippen LogP contribution in [-0.2, 0) is 14.8 Å². The summed E-state index contributed by atoms with van der Waals surface area (Å²) in [4.78, 5) is 13.4. The van der Waals surface area contributed by atoms with Gasteiger partial charge < -0.3 is 13.9 Å². The van der Waals surface area contributed by atoms with E-state index in [0.29, 0.717) is 17.3 Å². The SMILES string of the molecule is COc1ccccc1N(C)S(=O)(=O)c1ccc(C(=O)OC(C)c2nnc(-c3cccs3)o2)cc1. The molecule has 0 amide bonds. The Hall–Kier alpha value is -3.70. The molecule has 2 aromatic heterocycles. The van der Waals surface area contributed by atoms with Gasteiger partial charge in [0, 0.05) is 7.05 Å². The van der Waals surface area contributed by atoms with E-state index in [1.807, 2.05) is 17.5 Å². The second-order valence-corrected chi connectivity index (χ2v) is 10.1. The van der Waals surface area contributed by atoms with Crippen LogP contribution in [0.4, 0.5) is 5.69 Å². The molecular formula is C23H21N3O6S2. The van der Waals surface area contributed by atoms with Crippen LogP contribution in [0.3, 0.4) is 0 Å². The number of ether oxygens (including phenoxy) is 2. The number of para-hydroxylation sites is 2. The van der Waals surface area contributed by atoms with Crippen molar-refractivity contribution in [2.45, 2.75) is 17.9 Å². The molecule has 0 aliphatic carbocycles. The molecule has 2 aromatic carbocycles. The molecule has 9 nitrogen and oxygen atoms in total. The third-order valence-corrected chi connectivity index (χ3v) is 7.62. The lowest BCUT2D eigenvalue weighted by molar-refractivity contribution is 0.0280. The fraction of sp³-hybridized carbons (Fsp3) is 0.174. The van der Waals surface area contributed by atoms with Gasteiger partial charge in [0.25, 0.3) is 21.8 Å². The fourth-order valence-electron chi connectivity index (χ4n) is 3.12. The third kappa shape index (κ3) is 4.66. The van der Waals surface area contributed by atoms with Crippen molar-refractivity contribution in [2.24, 2.45) is 0 Å². The number of carbonyl (C=O) groups excluding carboxylic acids is 1. The van der Waals surface area contributed by atoms with Crippen molar-refractivity contribution in [3.8, 4) is 16.5 Å². The topological polar surface area (TPSA) is 112 Å². The highest BCUT2D eigenvalue weighted by molar-refractivity contribution is 7.92. The lowest BCUT2D eigenvalue weighted by atomic mass is 10.2. The fourth-order valence-corrected chi connectivity index (χ4v) is 4.97. The summed E-state index contributed by atoms with van der Waals surface area (Å²) in [5, 5.41) is 9.81. The van der Waals surface area contributed by atoms with Crippen molar-refractivity contribution in [1.29, 1.82) is 0 Å². The maximum Gasteiger partial charge on any atom is 0.338 e. The second-order valence-electron chi connectivity index (χ2n) is 7.14. The number of nitrogens with zero attached hydrogens (tertiary/aromatic N) is 3. The molecule has 176 valence electrons. The zero-order valence-corrected chi connectivity index (χ0v) is 20.2. The van der Waals surface area contributed by atoms with Crippen molar-refractivity contribution in [1.82, 2.24) is 10.2 Å². The van der Waals surface area contributed by atoms with Gasteiger partial charge in [-0.1, -0.05) is 18.2 Å². The molecule has 11 heteroatoms. The van der Waals surface area contributed by atoms with Gasteiger partial charge >= 0.3 is 5.97 Å². The maximum absolute atomic E-state index is 13.1. The van der Waals surface area contributed by atoms with E-state index >= 15 is 0 Å². The van der Waals surface area contributed by atoms with E-state index in [2.05, 4.69) is 10.2 Å². The first kappa shape index (κ1) is 23.5. The number of methoxy groups -OCH3 is 1. The highest BCUT2D eigenvalue weighted by Gasteiger charge is 2.25. The summed E-state index contributed by atoms with van der Waals surface area (Å²) < 4.78 is 43.5. The molecule has 0 radical (unpaired) electrons. The first-order valence-electron chi connectivity index (χ1n) is 10.1. The summed E-state index contributed by atoms with van der Waals surface area (Å²) in [6.07, 6.45) is -0.784. The monoisotopic (exact) mass is 499 g/mol. The third-order valence-electron chi connectivity index (χ3n) is 4.98. The van der Waals surface area contributed by atoms with Gasteiger partial charge in [-0.3, -0.25) is 4.31 Å². The van der Waals surface area contributed by atoms with Crippen molar-refractivity contribution < 1.29 is 27.1 Å². The van der Waals surface area contributed by atoms with Crippen LogP contribution >= 0.6 is 11.3 Å². The predicted octanol–water partition coefficient (Wildman–Crippen LogP) is 4.55. The molecule has 0 saturated carbocycles. The minimum Gasteiger partial charge on any atom is -0.495 e. The number of carbonyl (C=O) groups is 1. The standard InChI is InChI=1S/C23H21N3O6S2/c1-15(21-24-25-22(32-21)20-9-6-14-33-20)31-23(27)16-10-12-17(13-11-16)34(28,29)26(2)18-7-4-5-8-19(18)30-3/h4-15H,1-3H3. The van der Waals surface area contributed by atoms with Gasteiger partial charge in [0.15, 0.2) is 6.10 Å². The lowest BCUT2D eigenvalue weighted by Gasteiger charge is -2.21. The predicted molar refractivity (Wildman–Crippen MR) is 126 cm³/mol. The molecule has 0 spiro atoms. The summed E-state index contributed by atoms with van der Waals surface area (Å²) in [7, 11) is -0.976. The molecular weight excluding hydrogens is 478 g/mol. The van der Waals surface area contributed by atoms with Gasteiger partial charge in [0.1, 0.15) is 5.75 Å². The molecule has 1 unspecified atom stereocenters. The number of hydrogen-bond donors (Lipinski definition) is 0. The van der Waals surface area contributed by atoms with E-state index in [0.717, 1.165) is 9.18 Å². The van der Waals surface area contributed by atoms with Gasteiger partial charge in [-0.25, -0.2) is 13.2 Å². The van der Waals surface area contributed by atoms with Gasteiger partial charge in [0.2, 0.25) is 0 Å². The van der Waals surface area contributed by atoms with Crippen molar-refractivity contribution in [2.75, 3.05) is 18.5 Å². The summed E-state index contributed by atoms with van der Waals surface area (Å²) in [6.45, 7) is 1.62. The number of benzene rings is 2. The van der Waals surface area contributed by atoms with Gasteiger partial charge in [0.05, 0.1) is 28.1 Å². The molecule has 34 heavy (non-hydrogen) atoms. The van der Waals surface area contributed by atoms with Crippen LogP contribution in [0.1, 0.15) is 29.3 Å². The van der Waals surface area contributed by atoms with E-state index in [-0.39, 0.29) is 16.3 Å². The van der Waals surface area contributed by atoms with Gasteiger partial charge in [-0.05, 0) is 54.8 Å². The molecule has 0 N–H and O–H groups in total. The highest BCUT2D eigenvalue weighted by atomic mass is 32.2. The average Bonchev–Trinajstić information content (AvgIpc) is 3.56. The first-order chi connectivity index (χ1) is 16.3. The van der Waals surface area contributed by atoms with Gasteiger partial charge in [-0.15, -0.1) is 21.5 Å². The Balaban J connectivity index is 1.47. The van der Waals surface area contributed by atoms with Crippen LogP contribution in [0.2, 0.25) is 0 Å².